The van der Waals surface area contributed by atoms with Gasteiger partial charge in [-0.1, -0.05) is 36.4 Å². The quantitative estimate of drug-likeness (QED) is 0.900. The molecule has 1 unspecified atom stereocenters. The third kappa shape index (κ3) is 4.22. The molecule has 1 atom stereocenters. The molecule has 0 saturated carbocycles. The summed E-state index contributed by atoms with van der Waals surface area (Å²) in [6, 6.07) is 17.2. The summed E-state index contributed by atoms with van der Waals surface area (Å²) in [7, 11) is 0. The lowest BCUT2D eigenvalue weighted by Gasteiger charge is -2.29. The van der Waals surface area contributed by atoms with E-state index in [1.807, 2.05) is 0 Å². The monoisotopic (exact) mass is 366 g/mol. The summed E-state index contributed by atoms with van der Waals surface area (Å²) in [4.78, 5) is 2.51. The summed E-state index contributed by atoms with van der Waals surface area (Å²) in [6.07, 6.45) is 1.33. The lowest BCUT2D eigenvalue weighted by atomic mass is 10.0. The van der Waals surface area contributed by atoms with E-state index in [4.69, 9.17) is 4.74 Å². The average Bonchev–Trinajstić information content (AvgIpc) is 2.98. The van der Waals surface area contributed by atoms with Crippen LogP contribution in [0.2, 0.25) is 0 Å². The third-order valence-corrected chi connectivity index (χ3v) is 4.58. The van der Waals surface area contributed by atoms with Gasteiger partial charge in [-0.05, 0) is 28.8 Å². The molecule has 2 aromatic carbocycles. The Hall–Kier alpha value is -1.26. The third-order valence-electron chi connectivity index (χ3n) is 4.58. The number of nitrogens with zero attached hydrogens (tertiary/aromatic N) is 1. The standard InChI is InChI=1S/C19H22N2O.2ClH/c1-2-4-15(5-3-1)16-6-7-19-17(12-16)13-18(22-19)14-21-10-8-20-9-11-21;;/h1-7,12,18,20H,8-11,13-14H2;2*1H. The van der Waals surface area contributed by atoms with Gasteiger partial charge in [-0.3, -0.25) is 4.90 Å². The lowest BCUT2D eigenvalue weighted by molar-refractivity contribution is 0.139. The Morgan fingerprint density at radius 2 is 1.71 bits per heavy atom. The molecule has 1 fully saturated rings. The molecule has 0 radical (unpaired) electrons. The van der Waals surface area contributed by atoms with E-state index in [0.717, 1.165) is 44.9 Å². The molecule has 0 spiro atoms. The van der Waals surface area contributed by atoms with E-state index in [1.165, 1.54) is 16.7 Å². The van der Waals surface area contributed by atoms with E-state index in [-0.39, 0.29) is 24.8 Å². The minimum atomic E-state index is 0. The van der Waals surface area contributed by atoms with Crippen molar-refractivity contribution < 1.29 is 4.74 Å². The number of nitrogens with one attached hydrogen (secondary N) is 1. The van der Waals surface area contributed by atoms with Crippen molar-refractivity contribution in [3.05, 3.63) is 54.1 Å². The van der Waals surface area contributed by atoms with Gasteiger partial charge in [0.2, 0.25) is 0 Å². The molecule has 1 saturated heterocycles. The summed E-state index contributed by atoms with van der Waals surface area (Å²) in [6.45, 7) is 5.49. The first-order valence-electron chi connectivity index (χ1n) is 8.16. The van der Waals surface area contributed by atoms with E-state index in [2.05, 4.69) is 58.7 Å². The first kappa shape index (κ1) is 19.1. The number of piperazine rings is 1. The predicted molar refractivity (Wildman–Crippen MR) is 104 cm³/mol. The first-order chi connectivity index (χ1) is 10.9. The van der Waals surface area contributed by atoms with Crippen LogP contribution in [-0.2, 0) is 6.42 Å². The number of fused-ring (bicyclic) bond motifs is 1. The Labute approximate surface area is 156 Å². The first-order valence-corrected chi connectivity index (χ1v) is 8.16. The highest BCUT2D eigenvalue weighted by molar-refractivity contribution is 5.85. The van der Waals surface area contributed by atoms with Crippen LogP contribution in [0.15, 0.2) is 48.5 Å². The maximum absolute atomic E-state index is 6.14. The lowest BCUT2D eigenvalue weighted by Crippen LogP contribution is -2.47. The molecule has 0 aromatic heterocycles. The largest absolute Gasteiger partial charge is 0.488 e. The molecule has 2 aromatic rings. The molecule has 3 nitrogen and oxygen atoms in total. The zero-order chi connectivity index (χ0) is 14.8. The zero-order valence-electron chi connectivity index (χ0n) is 13.6. The smallest absolute Gasteiger partial charge is 0.123 e. The average molecular weight is 367 g/mol. The summed E-state index contributed by atoms with van der Waals surface area (Å²) in [5.74, 6) is 1.07. The Kier molecular flexibility index (Phi) is 6.93. The molecule has 130 valence electrons. The van der Waals surface area contributed by atoms with Crippen LogP contribution in [0.4, 0.5) is 0 Å². The van der Waals surface area contributed by atoms with Gasteiger partial charge < -0.3 is 10.1 Å². The number of hydrogen-bond donors (Lipinski definition) is 1. The summed E-state index contributed by atoms with van der Waals surface area (Å²) >= 11 is 0. The summed E-state index contributed by atoms with van der Waals surface area (Å²) in [5, 5.41) is 3.40. The number of ether oxygens (including phenoxy) is 1. The highest BCUT2D eigenvalue weighted by Gasteiger charge is 2.25. The Morgan fingerprint density at radius 3 is 2.46 bits per heavy atom. The fourth-order valence-corrected chi connectivity index (χ4v) is 3.41. The van der Waals surface area contributed by atoms with Crippen LogP contribution in [0.25, 0.3) is 11.1 Å². The topological polar surface area (TPSA) is 24.5 Å². The van der Waals surface area contributed by atoms with Crippen LogP contribution in [0.1, 0.15) is 5.56 Å². The molecule has 0 bridgehead atoms. The number of halogens is 2. The second-order valence-corrected chi connectivity index (χ2v) is 6.18. The van der Waals surface area contributed by atoms with Gasteiger partial charge in [0, 0.05) is 39.1 Å². The fourth-order valence-electron chi connectivity index (χ4n) is 3.41. The number of hydrogen-bond acceptors (Lipinski definition) is 3. The molecule has 4 rings (SSSR count). The van der Waals surface area contributed by atoms with Crippen molar-refractivity contribution in [2.24, 2.45) is 0 Å². The highest BCUT2D eigenvalue weighted by atomic mass is 35.5. The van der Waals surface area contributed by atoms with Crippen molar-refractivity contribution in [3.63, 3.8) is 0 Å². The van der Waals surface area contributed by atoms with E-state index < -0.39 is 0 Å². The predicted octanol–water partition coefficient (Wildman–Crippen LogP) is 3.41. The van der Waals surface area contributed by atoms with E-state index in [1.54, 1.807) is 0 Å². The van der Waals surface area contributed by atoms with Crippen molar-refractivity contribution in [3.8, 4) is 16.9 Å². The van der Waals surface area contributed by atoms with Crippen LogP contribution in [0, 0.1) is 0 Å². The maximum atomic E-state index is 6.14. The van der Waals surface area contributed by atoms with Crippen LogP contribution >= 0.6 is 24.8 Å². The molecular weight excluding hydrogens is 343 g/mol. The van der Waals surface area contributed by atoms with E-state index >= 15 is 0 Å². The molecule has 5 heteroatoms. The Balaban J connectivity index is 0.00000104. The van der Waals surface area contributed by atoms with Gasteiger partial charge in [-0.25, -0.2) is 0 Å². The molecule has 0 aliphatic carbocycles. The van der Waals surface area contributed by atoms with Crippen molar-refractivity contribution in [1.29, 1.82) is 0 Å². The van der Waals surface area contributed by atoms with Gasteiger partial charge in [-0.15, -0.1) is 24.8 Å². The van der Waals surface area contributed by atoms with Gasteiger partial charge in [0.1, 0.15) is 11.9 Å². The van der Waals surface area contributed by atoms with Crippen LogP contribution in [-0.4, -0.2) is 43.7 Å². The molecule has 2 heterocycles. The Bertz CT molecular complexity index is 645. The van der Waals surface area contributed by atoms with Crippen LogP contribution < -0.4 is 10.1 Å². The molecule has 2 aliphatic heterocycles. The molecule has 1 N–H and O–H groups in total. The van der Waals surface area contributed by atoms with Crippen molar-refractivity contribution >= 4 is 24.8 Å². The molecular formula is C19H24Cl2N2O. The van der Waals surface area contributed by atoms with E-state index in [9.17, 15) is 0 Å². The summed E-state index contributed by atoms with van der Waals surface area (Å²) < 4.78 is 6.14. The minimum absolute atomic E-state index is 0. The second-order valence-electron chi connectivity index (χ2n) is 6.18. The zero-order valence-corrected chi connectivity index (χ0v) is 15.2. The second kappa shape index (κ2) is 8.72. The minimum Gasteiger partial charge on any atom is -0.488 e. The van der Waals surface area contributed by atoms with Crippen molar-refractivity contribution in [1.82, 2.24) is 10.2 Å². The number of benzene rings is 2. The fraction of sp³-hybridized carbons (Fsp3) is 0.368. The SMILES string of the molecule is Cl.Cl.c1ccc(-c2ccc3c(c2)CC(CN2CCNCC2)O3)cc1. The highest BCUT2D eigenvalue weighted by Crippen LogP contribution is 2.33. The van der Waals surface area contributed by atoms with Gasteiger partial charge in [0.15, 0.2) is 0 Å². The normalized spacial score (nSPS) is 19.6. The molecule has 24 heavy (non-hydrogen) atoms. The van der Waals surface area contributed by atoms with Crippen LogP contribution in [0.5, 0.6) is 5.75 Å². The Morgan fingerprint density at radius 1 is 0.958 bits per heavy atom. The van der Waals surface area contributed by atoms with Gasteiger partial charge in [-0.2, -0.15) is 0 Å². The van der Waals surface area contributed by atoms with Gasteiger partial charge in [0.05, 0.1) is 0 Å². The maximum Gasteiger partial charge on any atom is 0.123 e. The van der Waals surface area contributed by atoms with E-state index in [0.29, 0.717) is 6.10 Å². The molecule has 2 aliphatic rings. The van der Waals surface area contributed by atoms with Crippen molar-refractivity contribution in [2.75, 3.05) is 32.7 Å². The van der Waals surface area contributed by atoms with Crippen molar-refractivity contribution in [2.45, 2.75) is 12.5 Å². The molecule has 0 amide bonds. The summed E-state index contributed by atoms with van der Waals surface area (Å²) in [5.41, 5.74) is 3.91. The van der Waals surface area contributed by atoms with Gasteiger partial charge in [0.25, 0.3) is 0 Å². The van der Waals surface area contributed by atoms with Crippen LogP contribution in [0.3, 0.4) is 0 Å². The number of rotatable bonds is 3. The van der Waals surface area contributed by atoms with Gasteiger partial charge >= 0.3 is 0 Å².